The highest BCUT2D eigenvalue weighted by Crippen LogP contribution is 2.24. The van der Waals surface area contributed by atoms with E-state index in [1.54, 1.807) is 11.8 Å². The largest absolute Gasteiger partial charge is 0.294 e. The molecule has 0 spiro atoms. The molecule has 0 aliphatic carbocycles. The maximum atomic E-state index is 10.9. The van der Waals surface area contributed by atoms with Crippen LogP contribution in [0.3, 0.4) is 0 Å². The van der Waals surface area contributed by atoms with Crippen LogP contribution < -0.4 is 0 Å². The molecule has 0 saturated heterocycles. The summed E-state index contributed by atoms with van der Waals surface area (Å²) in [5.74, 6) is 2.01. The van der Waals surface area contributed by atoms with E-state index in [-0.39, 0.29) is 0 Å². The van der Waals surface area contributed by atoms with Crippen molar-refractivity contribution in [1.82, 2.24) is 0 Å². The summed E-state index contributed by atoms with van der Waals surface area (Å²) < 4.78 is 1.22. The predicted molar refractivity (Wildman–Crippen MR) is 49.1 cm³/mol. The van der Waals surface area contributed by atoms with Gasteiger partial charge in [-0.2, -0.15) is 0 Å². The molecule has 1 rings (SSSR count). The molecule has 0 atom stereocenters. The van der Waals surface area contributed by atoms with E-state index in [1.807, 2.05) is 6.92 Å². The Hall–Kier alpha value is 0.490. The Labute approximate surface area is 72.4 Å². The van der Waals surface area contributed by atoms with Crippen LogP contribution in [0, 0.1) is 0 Å². The van der Waals surface area contributed by atoms with Crippen molar-refractivity contribution in [2.45, 2.75) is 6.92 Å². The summed E-state index contributed by atoms with van der Waals surface area (Å²) in [5, 5.41) is 0. The Bertz CT molecular complexity index is 174. The van der Waals surface area contributed by atoms with Gasteiger partial charge in [-0.05, 0) is 29.5 Å². The number of Topliss-reactive ketones (excluding diaryl/α,β-unsaturated/α-hetero) is 1. The highest BCUT2D eigenvalue weighted by molar-refractivity contribution is 14.1. The molecular formula is C6H7IOS. The minimum absolute atomic E-state index is 0.302. The molecule has 0 bridgehead atoms. The topological polar surface area (TPSA) is 17.1 Å². The van der Waals surface area contributed by atoms with Gasteiger partial charge in [-0.1, -0.05) is 0 Å². The molecular weight excluding hydrogens is 247 g/mol. The van der Waals surface area contributed by atoms with Gasteiger partial charge in [0, 0.05) is 14.9 Å². The lowest BCUT2D eigenvalue weighted by Gasteiger charge is -2.10. The van der Waals surface area contributed by atoms with Crippen LogP contribution in [0.2, 0.25) is 0 Å². The first-order valence-electron chi connectivity index (χ1n) is 2.68. The van der Waals surface area contributed by atoms with Crippen molar-refractivity contribution >= 4 is 40.1 Å². The fourth-order valence-electron chi connectivity index (χ4n) is 0.601. The zero-order valence-corrected chi connectivity index (χ0v) is 8.08. The van der Waals surface area contributed by atoms with Crippen LogP contribution in [-0.2, 0) is 4.79 Å². The third-order valence-electron chi connectivity index (χ3n) is 1.29. The number of carbonyl (C=O) groups is 1. The van der Waals surface area contributed by atoms with E-state index in [0.29, 0.717) is 11.5 Å². The molecule has 0 aromatic rings. The molecule has 0 aromatic heterocycles. The molecule has 0 amide bonds. The standard InChI is InChI=1S/C6H7IOS/c1-4-5(7)2-9-3-6(4)8/h2-3H2,1H3. The van der Waals surface area contributed by atoms with E-state index < -0.39 is 0 Å². The van der Waals surface area contributed by atoms with Gasteiger partial charge in [0.2, 0.25) is 0 Å². The van der Waals surface area contributed by atoms with E-state index in [4.69, 9.17) is 0 Å². The van der Waals surface area contributed by atoms with E-state index in [1.165, 1.54) is 3.58 Å². The van der Waals surface area contributed by atoms with Gasteiger partial charge in [0.25, 0.3) is 0 Å². The Morgan fingerprint density at radius 2 is 2.22 bits per heavy atom. The zero-order chi connectivity index (χ0) is 6.85. The molecule has 0 fully saturated rings. The molecule has 9 heavy (non-hydrogen) atoms. The Kier molecular flexibility index (Phi) is 2.58. The van der Waals surface area contributed by atoms with Crippen molar-refractivity contribution in [3.8, 4) is 0 Å². The van der Waals surface area contributed by atoms with Gasteiger partial charge in [-0.15, -0.1) is 11.8 Å². The number of hydrogen-bond donors (Lipinski definition) is 0. The highest BCUT2D eigenvalue weighted by Gasteiger charge is 2.14. The van der Waals surface area contributed by atoms with Crippen molar-refractivity contribution in [2.24, 2.45) is 0 Å². The van der Waals surface area contributed by atoms with E-state index in [9.17, 15) is 4.79 Å². The third kappa shape index (κ3) is 1.70. The van der Waals surface area contributed by atoms with Crippen LogP contribution in [0.1, 0.15) is 6.92 Å². The summed E-state index contributed by atoms with van der Waals surface area (Å²) in [6.45, 7) is 1.91. The van der Waals surface area contributed by atoms with Crippen molar-refractivity contribution < 1.29 is 4.79 Å². The number of carbonyl (C=O) groups excluding carboxylic acids is 1. The van der Waals surface area contributed by atoms with Crippen LogP contribution in [0.25, 0.3) is 0 Å². The molecule has 0 saturated carbocycles. The van der Waals surface area contributed by atoms with Crippen molar-refractivity contribution in [3.63, 3.8) is 0 Å². The van der Waals surface area contributed by atoms with Crippen molar-refractivity contribution in [3.05, 3.63) is 9.15 Å². The SMILES string of the molecule is CC1=C(I)CSCC1=O. The fourth-order valence-corrected chi connectivity index (χ4v) is 2.46. The minimum atomic E-state index is 0.302. The van der Waals surface area contributed by atoms with Crippen LogP contribution in [-0.4, -0.2) is 17.3 Å². The molecule has 0 aromatic carbocycles. The Morgan fingerprint density at radius 3 is 2.67 bits per heavy atom. The summed E-state index contributed by atoms with van der Waals surface area (Å²) in [7, 11) is 0. The molecule has 0 N–H and O–H groups in total. The zero-order valence-electron chi connectivity index (χ0n) is 5.11. The first-order valence-corrected chi connectivity index (χ1v) is 4.91. The molecule has 1 nitrogen and oxygen atoms in total. The lowest BCUT2D eigenvalue weighted by Crippen LogP contribution is -2.10. The molecule has 1 aliphatic heterocycles. The molecule has 1 aliphatic rings. The first kappa shape index (κ1) is 7.60. The van der Waals surface area contributed by atoms with Gasteiger partial charge in [-0.25, -0.2) is 0 Å². The quantitative estimate of drug-likeness (QED) is 0.615. The van der Waals surface area contributed by atoms with Gasteiger partial charge in [0.05, 0.1) is 5.75 Å². The minimum Gasteiger partial charge on any atom is -0.294 e. The second-order valence-electron chi connectivity index (χ2n) is 1.95. The molecule has 3 heteroatoms. The van der Waals surface area contributed by atoms with E-state index >= 15 is 0 Å². The van der Waals surface area contributed by atoms with Crippen LogP contribution in [0.15, 0.2) is 9.15 Å². The molecule has 1 heterocycles. The highest BCUT2D eigenvalue weighted by atomic mass is 127. The summed E-state index contributed by atoms with van der Waals surface area (Å²) in [6, 6.07) is 0. The lowest BCUT2D eigenvalue weighted by molar-refractivity contribution is -0.113. The number of allylic oxidation sites excluding steroid dienone is 1. The van der Waals surface area contributed by atoms with Gasteiger partial charge >= 0.3 is 0 Å². The second kappa shape index (κ2) is 3.05. The molecule has 50 valence electrons. The average Bonchev–Trinajstić information content (AvgIpc) is 1.83. The van der Waals surface area contributed by atoms with E-state index in [2.05, 4.69) is 22.6 Å². The van der Waals surface area contributed by atoms with Gasteiger partial charge < -0.3 is 0 Å². The van der Waals surface area contributed by atoms with Crippen molar-refractivity contribution in [1.29, 1.82) is 0 Å². The first-order chi connectivity index (χ1) is 4.22. The maximum absolute atomic E-state index is 10.9. The van der Waals surface area contributed by atoms with E-state index in [0.717, 1.165) is 11.3 Å². The predicted octanol–water partition coefficient (Wildman–Crippen LogP) is 2.01. The normalized spacial score (nSPS) is 20.9. The Balaban J connectivity index is 2.84. The maximum Gasteiger partial charge on any atom is 0.169 e. The summed E-state index contributed by atoms with van der Waals surface area (Å²) in [5.41, 5.74) is 0.967. The summed E-state index contributed by atoms with van der Waals surface area (Å²) in [4.78, 5) is 10.9. The number of halogens is 1. The van der Waals surface area contributed by atoms with Crippen molar-refractivity contribution in [2.75, 3.05) is 11.5 Å². The number of thioether (sulfide) groups is 1. The summed E-state index contributed by atoms with van der Waals surface area (Å²) in [6.07, 6.45) is 0. The second-order valence-corrected chi connectivity index (χ2v) is 4.23. The average molecular weight is 254 g/mol. The molecule has 0 radical (unpaired) electrons. The van der Waals surface area contributed by atoms with Crippen LogP contribution in [0.4, 0.5) is 0 Å². The Morgan fingerprint density at radius 1 is 1.56 bits per heavy atom. The fraction of sp³-hybridized carbons (Fsp3) is 0.500. The third-order valence-corrected chi connectivity index (χ3v) is 3.95. The van der Waals surface area contributed by atoms with Gasteiger partial charge in [0.1, 0.15) is 0 Å². The van der Waals surface area contributed by atoms with Gasteiger partial charge in [-0.3, -0.25) is 4.79 Å². The smallest absolute Gasteiger partial charge is 0.169 e. The number of rotatable bonds is 0. The van der Waals surface area contributed by atoms with Crippen LogP contribution >= 0.6 is 34.4 Å². The number of hydrogen-bond acceptors (Lipinski definition) is 2. The molecule has 0 unspecified atom stereocenters. The lowest BCUT2D eigenvalue weighted by atomic mass is 10.2. The summed E-state index contributed by atoms with van der Waals surface area (Å²) >= 11 is 3.94. The van der Waals surface area contributed by atoms with Crippen LogP contribution in [0.5, 0.6) is 0 Å². The number of ketones is 1. The van der Waals surface area contributed by atoms with Gasteiger partial charge in [0.15, 0.2) is 5.78 Å². The monoisotopic (exact) mass is 254 g/mol.